The molecular formula is C19H22N4O5. The molecule has 2 atom stereocenters. The Morgan fingerprint density at radius 3 is 2.64 bits per heavy atom. The van der Waals surface area contributed by atoms with Crippen LogP contribution in [0.5, 0.6) is 5.75 Å². The molecule has 3 rings (SSSR count). The van der Waals surface area contributed by atoms with Crippen LogP contribution < -0.4 is 15.6 Å². The standard InChI is InChI=1S/C19H22N4O5/c1-20-12-5-6-14-13(9-12)17(21-15-7-8-16(24)23(2)22-15)18(25)19(28-14,10-26-3)11-27-4/h5-9,17-18,25H,10-11H2,2-4H3,(H,21,22)/t17-,18+/m1/s1. The molecule has 1 aromatic carbocycles. The number of nitrogens with zero attached hydrogens (tertiary/aromatic N) is 3. The Labute approximate surface area is 162 Å². The lowest BCUT2D eigenvalue weighted by atomic mass is 9.84. The van der Waals surface area contributed by atoms with Crippen molar-refractivity contribution in [1.29, 1.82) is 0 Å². The monoisotopic (exact) mass is 386 g/mol. The van der Waals surface area contributed by atoms with E-state index in [0.717, 1.165) is 0 Å². The van der Waals surface area contributed by atoms with Crippen LogP contribution in [0, 0.1) is 6.57 Å². The van der Waals surface area contributed by atoms with E-state index in [1.54, 1.807) is 25.2 Å². The van der Waals surface area contributed by atoms with Crippen LogP contribution in [-0.2, 0) is 16.5 Å². The third-order valence-corrected chi connectivity index (χ3v) is 4.67. The van der Waals surface area contributed by atoms with Gasteiger partial charge in [-0.15, -0.1) is 0 Å². The quantitative estimate of drug-likeness (QED) is 0.721. The first-order valence-electron chi connectivity index (χ1n) is 8.61. The SMILES string of the molecule is [C-]#[N+]c1ccc2c(c1)[C@@H](Nc1ccc(=O)n(C)n1)[C@H](O)C(COC)(COC)O2. The molecule has 2 aromatic rings. The van der Waals surface area contributed by atoms with Gasteiger partial charge in [0.25, 0.3) is 5.56 Å². The highest BCUT2D eigenvalue weighted by Gasteiger charge is 2.50. The fraction of sp³-hybridized carbons (Fsp3) is 0.421. The van der Waals surface area contributed by atoms with Crippen LogP contribution in [0.1, 0.15) is 11.6 Å². The van der Waals surface area contributed by atoms with Crippen molar-refractivity contribution < 1.29 is 19.3 Å². The largest absolute Gasteiger partial charge is 0.479 e. The highest BCUT2D eigenvalue weighted by Crippen LogP contribution is 2.43. The molecule has 2 heterocycles. The molecular weight excluding hydrogens is 364 g/mol. The molecule has 0 saturated carbocycles. The number of aryl methyl sites for hydroxylation is 1. The van der Waals surface area contributed by atoms with Crippen molar-refractivity contribution in [2.45, 2.75) is 17.7 Å². The van der Waals surface area contributed by atoms with Gasteiger partial charge in [-0.2, -0.15) is 5.10 Å². The normalized spacial score (nSPS) is 20.0. The van der Waals surface area contributed by atoms with Crippen molar-refractivity contribution in [2.24, 2.45) is 7.05 Å². The minimum Gasteiger partial charge on any atom is -0.479 e. The zero-order chi connectivity index (χ0) is 20.3. The van der Waals surface area contributed by atoms with E-state index in [1.807, 2.05) is 0 Å². The van der Waals surface area contributed by atoms with Crippen molar-refractivity contribution in [1.82, 2.24) is 9.78 Å². The number of rotatable bonds is 6. The topological polar surface area (TPSA) is 99.2 Å². The van der Waals surface area contributed by atoms with Crippen molar-refractivity contribution in [3.05, 3.63) is 57.7 Å². The molecule has 148 valence electrons. The fourth-order valence-electron chi connectivity index (χ4n) is 3.35. The van der Waals surface area contributed by atoms with Gasteiger partial charge in [0.2, 0.25) is 0 Å². The highest BCUT2D eigenvalue weighted by atomic mass is 16.6. The third-order valence-electron chi connectivity index (χ3n) is 4.67. The number of nitrogens with one attached hydrogen (secondary N) is 1. The Balaban J connectivity index is 2.09. The van der Waals surface area contributed by atoms with Crippen LogP contribution >= 0.6 is 0 Å². The van der Waals surface area contributed by atoms with Gasteiger partial charge in [-0.3, -0.25) is 4.79 Å². The van der Waals surface area contributed by atoms with Gasteiger partial charge in [-0.05, 0) is 18.2 Å². The highest BCUT2D eigenvalue weighted by molar-refractivity contribution is 5.56. The Morgan fingerprint density at radius 1 is 1.32 bits per heavy atom. The van der Waals surface area contributed by atoms with Gasteiger partial charge in [0.15, 0.2) is 11.3 Å². The minimum absolute atomic E-state index is 0.0882. The molecule has 0 aliphatic carbocycles. The van der Waals surface area contributed by atoms with Gasteiger partial charge < -0.3 is 24.6 Å². The van der Waals surface area contributed by atoms with Gasteiger partial charge >= 0.3 is 0 Å². The number of aromatic nitrogens is 2. The van der Waals surface area contributed by atoms with Crippen LogP contribution in [0.15, 0.2) is 35.1 Å². The second kappa shape index (κ2) is 7.98. The van der Waals surface area contributed by atoms with Crippen molar-refractivity contribution in [3.63, 3.8) is 0 Å². The summed E-state index contributed by atoms with van der Waals surface area (Å²) in [5.41, 5.74) is -0.379. The molecule has 0 spiro atoms. The van der Waals surface area contributed by atoms with Crippen LogP contribution in [0.4, 0.5) is 11.5 Å². The van der Waals surface area contributed by atoms with Crippen molar-refractivity contribution in [3.8, 4) is 5.75 Å². The van der Waals surface area contributed by atoms with Gasteiger partial charge in [0.1, 0.15) is 17.7 Å². The zero-order valence-electron chi connectivity index (χ0n) is 15.9. The summed E-state index contributed by atoms with van der Waals surface area (Å²) in [6.07, 6.45) is -1.08. The van der Waals surface area contributed by atoms with E-state index >= 15 is 0 Å². The summed E-state index contributed by atoms with van der Waals surface area (Å²) in [6, 6.07) is 7.26. The van der Waals surface area contributed by atoms with Crippen LogP contribution in [0.3, 0.4) is 0 Å². The number of hydrogen-bond acceptors (Lipinski definition) is 7. The van der Waals surface area contributed by atoms with E-state index in [-0.39, 0.29) is 18.8 Å². The van der Waals surface area contributed by atoms with E-state index in [0.29, 0.717) is 22.8 Å². The Kier molecular flexibility index (Phi) is 5.65. The number of methoxy groups -OCH3 is 2. The molecule has 2 N–H and O–H groups in total. The summed E-state index contributed by atoms with van der Waals surface area (Å²) >= 11 is 0. The fourth-order valence-corrected chi connectivity index (χ4v) is 3.35. The molecule has 0 radical (unpaired) electrons. The summed E-state index contributed by atoms with van der Waals surface area (Å²) in [5, 5.41) is 18.6. The summed E-state index contributed by atoms with van der Waals surface area (Å²) in [4.78, 5) is 15.1. The summed E-state index contributed by atoms with van der Waals surface area (Å²) in [7, 11) is 4.57. The maximum absolute atomic E-state index is 11.6. The lowest BCUT2D eigenvalue weighted by Gasteiger charge is -2.45. The molecule has 0 fully saturated rings. The minimum atomic E-state index is -1.16. The van der Waals surface area contributed by atoms with Crippen molar-refractivity contribution >= 4 is 11.5 Å². The molecule has 28 heavy (non-hydrogen) atoms. The lowest BCUT2D eigenvalue weighted by molar-refractivity contribution is -0.142. The predicted octanol–water partition coefficient (Wildman–Crippen LogP) is 1.27. The number of ether oxygens (including phenoxy) is 3. The number of hydrogen-bond donors (Lipinski definition) is 2. The Bertz CT molecular complexity index is 946. The van der Waals surface area contributed by atoms with E-state index < -0.39 is 17.7 Å². The lowest BCUT2D eigenvalue weighted by Crippen LogP contribution is -2.60. The molecule has 1 aliphatic rings. The molecule has 9 nitrogen and oxygen atoms in total. The summed E-state index contributed by atoms with van der Waals surface area (Å²) < 4.78 is 17.9. The first-order chi connectivity index (χ1) is 13.4. The summed E-state index contributed by atoms with van der Waals surface area (Å²) in [6.45, 7) is 7.45. The number of aliphatic hydroxyl groups excluding tert-OH is 1. The van der Waals surface area contributed by atoms with Crippen LogP contribution in [0.2, 0.25) is 0 Å². The summed E-state index contributed by atoms with van der Waals surface area (Å²) in [5.74, 6) is 0.907. The maximum atomic E-state index is 11.6. The Morgan fingerprint density at radius 2 is 2.04 bits per heavy atom. The van der Waals surface area contributed by atoms with E-state index in [4.69, 9.17) is 20.8 Å². The number of benzene rings is 1. The molecule has 0 amide bonds. The average Bonchev–Trinajstić information content (AvgIpc) is 2.68. The number of aliphatic hydroxyl groups is 1. The first kappa shape index (κ1) is 19.8. The zero-order valence-corrected chi connectivity index (χ0v) is 15.9. The number of anilines is 1. The molecule has 1 aliphatic heterocycles. The number of fused-ring (bicyclic) bond motifs is 1. The first-order valence-corrected chi connectivity index (χ1v) is 8.61. The molecule has 9 heteroatoms. The van der Waals surface area contributed by atoms with Gasteiger partial charge in [-0.25, -0.2) is 9.53 Å². The third kappa shape index (κ3) is 3.57. The van der Waals surface area contributed by atoms with Gasteiger partial charge in [0.05, 0.1) is 25.8 Å². The van der Waals surface area contributed by atoms with Crippen LogP contribution in [0.25, 0.3) is 4.85 Å². The van der Waals surface area contributed by atoms with Crippen LogP contribution in [-0.4, -0.2) is 54.0 Å². The Hall–Kier alpha value is -2.93. The maximum Gasteiger partial charge on any atom is 0.266 e. The van der Waals surface area contributed by atoms with Gasteiger partial charge in [0, 0.05) is 32.9 Å². The average molecular weight is 386 g/mol. The molecule has 0 bridgehead atoms. The van der Waals surface area contributed by atoms with Gasteiger partial charge in [-0.1, -0.05) is 6.07 Å². The molecule has 0 saturated heterocycles. The molecule has 0 unspecified atom stereocenters. The van der Waals surface area contributed by atoms with Crippen molar-refractivity contribution in [2.75, 3.05) is 32.8 Å². The second-order valence-electron chi connectivity index (χ2n) is 6.61. The van der Waals surface area contributed by atoms with E-state index in [1.165, 1.54) is 31.0 Å². The predicted molar refractivity (Wildman–Crippen MR) is 102 cm³/mol. The smallest absolute Gasteiger partial charge is 0.266 e. The van der Waals surface area contributed by atoms with E-state index in [2.05, 4.69) is 15.3 Å². The van der Waals surface area contributed by atoms with E-state index in [9.17, 15) is 9.90 Å². The molecule has 1 aromatic heterocycles. The second-order valence-corrected chi connectivity index (χ2v) is 6.61.